The average Bonchev–Trinajstić information content (AvgIpc) is 2.98. The van der Waals surface area contributed by atoms with Gasteiger partial charge in [0.25, 0.3) is 0 Å². The van der Waals surface area contributed by atoms with Crippen molar-refractivity contribution in [2.75, 3.05) is 0 Å². The molecule has 0 aliphatic carbocycles. The number of carbonyl (C=O) groups excluding carboxylic acids is 5. The zero-order valence-electron chi connectivity index (χ0n) is 28.9. The zero-order chi connectivity index (χ0) is 39.9. The van der Waals surface area contributed by atoms with Crippen molar-refractivity contribution in [1.82, 2.24) is 0 Å². The predicted molar refractivity (Wildman–Crippen MR) is 174 cm³/mol. The van der Waals surface area contributed by atoms with E-state index in [2.05, 4.69) is 9.47 Å². The highest BCUT2D eigenvalue weighted by molar-refractivity contribution is 5.93. The van der Waals surface area contributed by atoms with Gasteiger partial charge in [-0.05, 0) is 24.7 Å². The first-order valence-corrected chi connectivity index (χ1v) is 14.9. The number of ether oxygens (including phenoxy) is 2. The lowest BCUT2D eigenvalue weighted by Crippen LogP contribution is -2.45. The molecule has 0 bridgehead atoms. The standard InChI is InChI=1S/C10H19N3O4.C8H15N3O5.2C5H11NO2/c1-3-5(2)8(13)10(16)17-9(15)6(11)4-7(12)14;1-3(6(11)7(13)14)16-8(15)4(9)2-5(10)12;2*1-3(2)4(6)5(7)8/h5-6,8H,3-4,11,13H2,1-2H3,(H2,12,14);3-4,6H,2,9,11H2,1H3,(H2,10,12)(H,13,14);2*3-4H,6H2,1-2H3,(H,7,8)/t5-,6-,8-;3-,4+,6+;2*4-/m0100/s1. The number of amides is 2. The van der Waals surface area contributed by atoms with Gasteiger partial charge in [-0.2, -0.15) is 0 Å². The lowest BCUT2D eigenvalue weighted by molar-refractivity contribution is -0.163. The summed E-state index contributed by atoms with van der Waals surface area (Å²) in [5.74, 6) is -7.47. The number of primary amides is 2. The minimum absolute atomic E-state index is 0.0208. The van der Waals surface area contributed by atoms with Gasteiger partial charge in [0.05, 0.1) is 12.8 Å². The van der Waals surface area contributed by atoms with Crippen LogP contribution < -0.4 is 45.9 Å². The average molecular weight is 713 g/mol. The van der Waals surface area contributed by atoms with E-state index >= 15 is 0 Å². The van der Waals surface area contributed by atoms with E-state index in [0.717, 1.165) is 0 Å². The van der Waals surface area contributed by atoms with Crippen molar-refractivity contribution in [3.05, 3.63) is 0 Å². The van der Waals surface area contributed by atoms with E-state index in [1.165, 1.54) is 6.92 Å². The molecular weight excluding hydrogens is 656 g/mol. The molecule has 0 unspecified atom stereocenters. The molecule has 286 valence electrons. The third-order valence-electron chi connectivity index (χ3n) is 6.28. The van der Waals surface area contributed by atoms with E-state index in [4.69, 9.17) is 61.2 Å². The van der Waals surface area contributed by atoms with Crippen LogP contribution in [0.15, 0.2) is 0 Å². The van der Waals surface area contributed by atoms with Gasteiger partial charge in [-0.15, -0.1) is 0 Å². The van der Waals surface area contributed by atoms with Gasteiger partial charge in [-0.3, -0.25) is 28.8 Å². The molecule has 0 aromatic heterocycles. The van der Waals surface area contributed by atoms with Crippen LogP contribution >= 0.6 is 0 Å². The Labute approximate surface area is 284 Å². The van der Waals surface area contributed by atoms with Gasteiger partial charge in [-0.25, -0.2) is 9.59 Å². The Morgan fingerprint density at radius 3 is 1.10 bits per heavy atom. The molecule has 0 saturated carbocycles. The lowest BCUT2D eigenvalue weighted by Gasteiger charge is -2.18. The summed E-state index contributed by atoms with van der Waals surface area (Å²) in [7, 11) is 0. The molecule has 0 rings (SSSR count). The second-order valence-electron chi connectivity index (χ2n) is 11.4. The fraction of sp³-hybridized carbons (Fsp3) is 0.714. The fourth-order valence-electron chi connectivity index (χ4n) is 2.44. The van der Waals surface area contributed by atoms with Crippen LogP contribution in [-0.2, 0) is 47.8 Å². The van der Waals surface area contributed by atoms with Crippen molar-refractivity contribution in [3.8, 4) is 0 Å². The van der Waals surface area contributed by atoms with Crippen molar-refractivity contribution < 1.29 is 63.1 Å². The summed E-state index contributed by atoms with van der Waals surface area (Å²) < 4.78 is 9.12. The topological polar surface area (TPSA) is 424 Å². The Balaban J connectivity index is -0.000000292. The highest BCUT2D eigenvalue weighted by Crippen LogP contribution is 2.07. The van der Waals surface area contributed by atoms with Crippen molar-refractivity contribution in [1.29, 1.82) is 0 Å². The first kappa shape index (κ1) is 51.6. The Morgan fingerprint density at radius 2 is 0.857 bits per heavy atom. The molecule has 8 atom stereocenters. The minimum atomic E-state index is -1.34. The molecule has 0 aliphatic rings. The van der Waals surface area contributed by atoms with E-state index in [1.54, 1.807) is 34.6 Å². The summed E-state index contributed by atoms with van der Waals surface area (Å²) in [6.07, 6.45) is -1.10. The van der Waals surface area contributed by atoms with Crippen LogP contribution in [0.4, 0.5) is 0 Å². The van der Waals surface area contributed by atoms with Crippen LogP contribution in [0.3, 0.4) is 0 Å². The smallest absolute Gasteiger partial charge is 0.331 e. The highest BCUT2D eigenvalue weighted by atomic mass is 16.6. The summed E-state index contributed by atoms with van der Waals surface area (Å²) in [5, 5.41) is 25.0. The number of aliphatic carboxylic acids is 3. The maximum atomic E-state index is 11.4. The van der Waals surface area contributed by atoms with E-state index in [-0.39, 0.29) is 30.6 Å². The normalized spacial score (nSPS) is 15.2. The second kappa shape index (κ2) is 26.6. The molecule has 0 spiro atoms. The zero-order valence-corrected chi connectivity index (χ0v) is 28.9. The molecule has 49 heavy (non-hydrogen) atoms. The van der Waals surface area contributed by atoms with Gasteiger partial charge in [0, 0.05) is 0 Å². The first-order chi connectivity index (χ1) is 22.1. The number of carboxylic acid groups (broad SMARTS) is 3. The van der Waals surface area contributed by atoms with Gasteiger partial charge in [0.2, 0.25) is 11.8 Å². The van der Waals surface area contributed by atoms with Crippen LogP contribution in [0.5, 0.6) is 0 Å². The quantitative estimate of drug-likeness (QED) is 0.0541. The lowest BCUT2D eigenvalue weighted by atomic mass is 10.0. The number of hydrogen-bond acceptors (Lipinski definition) is 16. The molecule has 0 radical (unpaired) electrons. The number of hydrogen-bond donors (Lipinski definition) is 11. The third kappa shape index (κ3) is 26.4. The van der Waals surface area contributed by atoms with Gasteiger partial charge in [0.1, 0.15) is 42.4 Å². The monoisotopic (exact) mass is 712 g/mol. The number of carboxylic acids is 3. The highest BCUT2D eigenvalue weighted by Gasteiger charge is 2.28. The largest absolute Gasteiger partial charge is 0.480 e. The van der Waals surface area contributed by atoms with Crippen LogP contribution in [0.2, 0.25) is 0 Å². The number of nitrogens with two attached hydrogens (primary N) is 8. The number of esters is 3. The van der Waals surface area contributed by atoms with Gasteiger partial charge >= 0.3 is 35.8 Å². The van der Waals surface area contributed by atoms with Crippen LogP contribution in [-0.4, -0.2) is 105 Å². The third-order valence-corrected chi connectivity index (χ3v) is 6.28. The molecular formula is C28H56N8O13. The maximum absolute atomic E-state index is 11.4. The molecule has 0 heterocycles. The SMILES string of the molecule is CC(C)[C@H](N)C(=O)O.CC(C)[C@H](N)C(=O)O.CC[C@H](C)[C@H](N)C(=O)OC(=O)[C@@H](N)CC(N)=O.C[C@@H](OC(=O)[C@@H](N)CC(N)=O)[C@H](N)C(=O)O. The summed E-state index contributed by atoms with van der Waals surface area (Å²) in [5.41, 5.74) is 41.3. The van der Waals surface area contributed by atoms with Crippen molar-refractivity contribution >= 4 is 47.6 Å². The molecule has 21 nitrogen and oxygen atoms in total. The van der Waals surface area contributed by atoms with E-state index in [9.17, 15) is 38.4 Å². The summed E-state index contributed by atoms with van der Waals surface area (Å²) >= 11 is 0. The van der Waals surface area contributed by atoms with Gasteiger partial charge in [0.15, 0.2) is 0 Å². The van der Waals surface area contributed by atoms with Crippen molar-refractivity contribution in [3.63, 3.8) is 0 Å². The van der Waals surface area contributed by atoms with Crippen LogP contribution in [0, 0.1) is 17.8 Å². The van der Waals surface area contributed by atoms with E-state index in [1.807, 2.05) is 6.92 Å². The molecule has 0 aromatic carbocycles. The predicted octanol–water partition coefficient (Wildman–Crippen LogP) is -3.73. The Kier molecular flexibility index (Phi) is 28.0. The molecule has 19 N–H and O–H groups in total. The van der Waals surface area contributed by atoms with Gasteiger partial charge in [-0.1, -0.05) is 48.0 Å². The van der Waals surface area contributed by atoms with Crippen molar-refractivity contribution in [2.45, 2.75) is 110 Å². The van der Waals surface area contributed by atoms with Crippen LogP contribution in [0.25, 0.3) is 0 Å². The summed E-state index contributed by atoms with van der Waals surface area (Å²) in [6, 6.07) is -6.10. The van der Waals surface area contributed by atoms with E-state index < -0.39 is 90.0 Å². The summed E-state index contributed by atoms with van der Waals surface area (Å²) in [6.45, 7) is 12.0. The minimum Gasteiger partial charge on any atom is -0.480 e. The van der Waals surface area contributed by atoms with Crippen LogP contribution in [0.1, 0.15) is 67.7 Å². The Morgan fingerprint density at radius 1 is 0.531 bits per heavy atom. The first-order valence-electron chi connectivity index (χ1n) is 14.9. The molecule has 0 aliphatic heterocycles. The van der Waals surface area contributed by atoms with Gasteiger partial charge < -0.3 is 70.7 Å². The number of carbonyl (C=O) groups is 8. The molecule has 2 amide bonds. The summed E-state index contributed by atoms with van der Waals surface area (Å²) in [4.78, 5) is 85.3. The number of rotatable bonds is 16. The van der Waals surface area contributed by atoms with Crippen molar-refractivity contribution in [2.24, 2.45) is 63.6 Å². The second-order valence-corrected chi connectivity index (χ2v) is 11.4. The maximum Gasteiger partial charge on any atom is 0.331 e. The Hall–Kier alpha value is -4.28. The Bertz CT molecular complexity index is 1070. The molecule has 21 heteroatoms. The van der Waals surface area contributed by atoms with E-state index in [0.29, 0.717) is 6.42 Å². The molecule has 0 fully saturated rings. The molecule has 0 saturated heterocycles. The molecule has 0 aromatic rings. The fourth-order valence-corrected chi connectivity index (χ4v) is 2.44.